The molecule has 0 saturated heterocycles. The van der Waals surface area contributed by atoms with Gasteiger partial charge in [-0.1, -0.05) is 0 Å². The van der Waals surface area contributed by atoms with Gasteiger partial charge in [-0.3, -0.25) is 0 Å². The van der Waals surface area contributed by atoms with E-state index in [2.05, 4.69) is 0 Å². The van der Waals surface area contributed by atoms with Gasteiger partial charge in [0, 0.05) is 6.04 Å². The smallest absolute Gasteiger partial charge is 0.0597 e. The molecule has 0 radical (unpaired) electrons. The molecule has 2 aliphatic carbocycles. The molecule has 10 heavy (non-hydrogen) atoms. The summed E-state index contributed by atoms with van der Waals surface area (Å²) in [4.78, 5) is 0. The third-order valence-corrected chi connectivity index (χ3v) is 2.96. The number of aliphatic hydroxyl groups is 1. The number of hydrogen-bond acceptors (Lipinski definition) is 2. The Labute approximate surface area is 67.2 Å². The molecular weight excluding hydrogens is 150 g/mol. The third-order valence-electron chi connectivity index (χ3n) is 2.96. The maximum atomic E-state index is 9.28. The molecular formula is C7H14ClNO. The topological polar surface area (TPSA) is 46.2 Å². The van der Waals surface area contributed by atoms with E-state index in [9.17, 15) is 5.11 Å². The summed E-state index contributed by atoms with van der Waals surface area (Å²) in [7, 11) is 0. The van der Waals surface area contributed by atoms with Crippen molar-refractivity contribution < 1.29 is 5.11 Å². The quantitative estimate of drug-likeness (QED) is 0.552. The van der Waals surface area contributed by atoms with E-state index in [-0.39, 0.29) is 18.5 Å². The van der Waals surface area contributed by atoms with E-state index in [1.807, 2.05) is 0 Å². The van der Waals surface area contributed by atoms with Crippen molar-refractivity contribution in [2.75, 3.05) is 0 Å². The standard InChI is InChI=1S/C7H13NO.ClH/c8-5-3-7(4-5)2-1-6(7)9;/h5-6,9H,1-4,8H2;1H. The van der Waals surface area contributed by atoms with Gasteiger partial charge in [-0.15, -0.1) is 12.4 Å². The first-order chi connectivity index (χ1) is 4.23. The Morgan fingerprint density at radius 3 is 2.10 bits per heavy atom. The Morgan fingerprint density at radius 2 is 2.00 bits per heavy atom. The zero-order valence-electron chi connectivity index (χ0n) is 5.92. The zero-order chi connectivity index (χ0) is 6.48. The molecule has 0 aromatic rings. The lowest BCUT2D eigenvalue weighted by molar-refractivity contribution is -0.124. The highest BCUT2D eigenvalue weighted by atomic mass is 35.5. The SMILES string of the molecule is Cl.NC1CC2(CCC2O)C1. The maximum absolute atomic E-state index is 9.28. The lowest BCUT2D eigenvalue weighted by Gasteiger charge is -2.56. The van der Waals surface area contributed by atoms with E-state index in [0.717, 1.165) is 19.3 Å². The van der Waals surface area contributed by atoms with Crippen LogP contribution < -0.4 is 5.73 Å². The molecule has 0 aliphatic heterocycles. The molecule has 0 amide bonds. The highest BCUT2D eigenvalue weighted by Crippen LogP contribution is 2.55. The first-order valence-electron chi connectivity index (χ1n) is 3.67. The molecule has 0 aromatic heterocycles. The minimum Gasteiger partial charge on any atom is -0.393 e. The van der Waals surface area contributed by atoms with E-state index in [0.29, 0.717) is 11.5 Å². The summed E-state index contributed by atoms with van der Waals surface area (Å²) in [6.45, 7) is 0. The molecule has 2 saturated carbocycles. The van der Waals surface area contributed by atoms with Crippen LogP contribution in [-0.4, -0.2) is 17.3 Å². The Morgan fingerprint density at radius 1 is 1.40 bits per heavy atom. The molecule has 2 aliphatic rings. The number of nitrogens with two attached hydrogens (primary N) is 1. The van der Waals surface area contributed by atoms with Crippen molar-refractivity contribution in [3.8, 4) is 0 Å². The summed E-state index contributed by atoms with van der Waals surface area (Å²) in [5.41, 5.74) is 5.92. The molecule has 2 rings (SSSR count). The third kappa shape index (κ3) is 0.865. The van der Waals surface area contributed by atoms with E-state index in [1.54, 1.807) is 0 Å². The minimum atomic E-state index is -0.0164. The fraction of sp³-hybridized carbons (Fsp3) is 1.00. The molecule has 0 aromatic carbocycles. The minimum absolute atomic E-state index is 0. The van der Waals surface area contributed by atoms with Crippen molar-refractivity contribution in [3.05, 3.63) is 0 Å². The van der Waals surface area contributed by atoms with Crippen molar-refractivity contribution in [3.63, 3.8) is 0 Å². The number of aliphatic hydroxyl groups excluding tert-OH is 1. The van der Waals surface area contributed by atoms with Crippen LogP contribution in [0.2, 0.25) is 0 Å². The monoisotopic (exact) mass is 163 g/mol. The Bertz CT molecular complexity index is 134. The van der Waals surface area contributed by atoms with Crippen LogP contribution in [0.1, 0.15) is 25.7 Å². The Kier molecular flexibility index (Phi) is 1.96. The van der Waals surface area contributed by atoms with Gasteiger partial charge in [0.2, 0.25) is 0 Å². The van der Waals surface area contributed by atoms with Crippen LogP contribution >= 0.6 is 12.4 Å². The molecule has 0 heterocycles. The summed E-state index contributed by atoms with van der Waals surface area (Å²) in [6.07, 6.45) is 4.33. The van der Waals surface area contributed by atoms with E-state index in [4.69, 9.17) is 5.73 Å². The largest absolute Gasteiger partial charge is 0.393 e. The van der Waals surface area contributed by atoms with Crippen molar-refractivity contribution in [1.29, 1.82) is 0 Å². The van der Waals surface area contributed by atoms with E-state index < -0.39 is 0 Å². The highest BCUT2D eigenvalue weighted by molar-refractivity contribution is 5.85. The van der Waals surface area contributed by atoms with Gasteiger partial charge in [0.1, 0.15) is 0 Å². The first-order valence-corrected chi connectivity index (χ1v) is 3.67. The van der Waals surface area contributed by atoms with Crippen LogP contribution in [0.5, 0.6) is 0 Å². The molecule has 1 atom stereocenters. The predicted molar refractivity (Wildman–Crippen MR) is 42.1 cm³/mol. The molecule has 1 unspecified atom stereocenters. The number of hydrogen-bond donors (Lipinski definition) is 2. The van der Waals surface area contributed by atoms with Crippen LogP contribution in [0, 0.1) is 5.41 Å². The molecule has 2 nitrogen and oxygen atoms in total. The summed E-state index contributed by atoms with van der Waals surface area (Å²) < 4.78 is 0. The van der Waals surface area contributed by atoms with Crippen molar-refractivity contribution in [1.82, 2.24) is 0 Å². The summed E-state index contributed by atoms with van der Waals surface area (Å²) in [6, 6.07) is 0.389. The fourth-order valence-corrected chi connectivity index (χ4v) is 2.14. The summed E-state index contributed by atoms with van der Waals surface area (Å²) in [5, 5.41) is 9.28. The first kappa shape index (κ1) is 8.31. The van der Waals surface area contributed by atoms with Gasteiger partial charge < -0.3 is 10.8 Å². The highest BCUT2D eigenvalue weighted by Gasteiger charge is 2.53. The van der Waals surface area contributed by atoms with Crippen molar-refractivity contribution in [2.45, 2.75) is 37.8 Å². The van der Waals surface area contributed by atoms with Gasteiger partial charge in [-0.25, -0.2) is 0 Å². The predicted octanol–water partition coefficient (Wildman–Crippen LogP) is 0.670. The van der Waals surface area contributed by atoms with E-state index in [1.165, 1.54) is 6.42 Å². The van der Waals surface area contributed by atoms with Crippen LogP contribution in [0.4, 0.5) is 0 Å². The maximum Gasteiger partial charge on any atom is 0.0597 e. The second-order valence-corrected chi connectivity index (χ2v) is 3.59. The van der Waals surface area contributed by atoms with Crippen LogP contribution in [0.15, 0.2) is 0 Å². The molecule has 0 bridgehead atoms. The Balaban J connectivity index is 0.000000500. The van der Waals surface area contributed by atoms with Gasteiger partial charge in [0.25, 0.3) is 0 Å². The molecule has 60 valence electrons. The molecule has 3 N–H and O–H groups in total. The van der Waals surface area contributed by atoms with Gasteiger partial charge in [-0.2, -0.15) is 0 Å². The van der Waals surface area contributed by atoms with Crippen LogP contribution in [-0.2, 0) is 0 Å². The Hall–Kier alpha value is 0.210. The second-order valence-electron chi connectivity index (χ2n) is 3.59. The normalized spacial score (nSPS) is 51.0. The van der Waals surface area contributed by atoms with Crippen LogP contribution in [0.25, 0.3) is 0 Å². The average Bonchev–Trinajstić information content (AvgIpc) is 1.77. The van der Waals surface area contributed by atoms with Gasteiger partial charge in [-0.05, 0) is 31.1 Å². The lowest BCUT2D eigenvalue weighted by Crippen LogP contribution is -2.58. The fourth-order valence-electron chi connectivity index (χ4n) is 2.14. The summed E-state index contributed by atoms with van der Waals surface area (Å²) in [5.74, 6) is 0. The molecule has 1 spiro atoms. The van der Waals surface area contributed by atoms with Crippen LogP contribution in [0.3, 0.4) is 0 Å². The average molecular weight is 164 g/mol. The van der Waals surface area contributed by atoms with E-state index >= 15 is 0 Å². The van der Waals surface area contributed by atoms with Crippen molar-refractivity contribution in [2.24, 2.45) is 11.1 Å². The zero-order valence-corrected chi connectivity index (χ0v) is 6.73. The van der Waals surface area contributed by atoms with Gasteiger partial charge in [0.15, 0.2) is 0 Å². The second kappa shape index (κ2) is 2.36. The van der Waals surface area contributed by atoms with Gasteiger partial charge >= 0.3 is 0 Å². The lowest BCUT2D eigenvalue weighted by atomic mass is 9.52. The number of halogens is 1. The molecule has 2 fully saturated rings. The summed E-state index contributed by atoms with van der Waals surface area (Å²) >= 11 is 0. The van der Waals surface area contributed by atoms with Gasteiger partial charge in [0.05, 0.1) is 6.10 Å². The van der Waals surface area contributed by atoms with Crippen molar-refractivity contribution >= 4 is 12.4 Å². The number of rotatable bonds is 0. The molecule has 3 heteroatoms.